The molecule has 1 amide bonds. The zero-order chi connectivity index (χ0) is 18.9. The van der Waals surface area contributed by atoms with Gasteiger partial charge < -0.3 is 14.8 Å². The molecule has 7 nitrogen and oxygen atoms in total. The van der Waals surface area contributed by atoms with E-state index in [0.29, 0.717) is 17.4 Å². The van der Waals surface area contributed by atoms with E-state index in [-0.39, 0.29) is 23.4 Å². The van der Waals surface area contributed by atoms with E-state index in [1.165, 1.54) is 52.3 Å². The van der Waals surface area contributed by atoms with Gasteiger partial charge in [-0.3, -0.25) is 4.79 Å². The van der Waals surface area contributed by atoms with E-state index in [0.717, 1.165) is 23.1 Å². The summed E-state index contributed by atoms with van der Waals surface area (Å²) in [6.45, 7) is -0.204. The van der Waals surface area contributed by atoms with Crippen LogP contribution in [0, 0.1) is 11.8 Å². The monoisotopic (exact) mass is 382 g/mol. The summed E-state index contributed by atoms with van der Waals surface area (Å²) < 4.78 is 36.9. The molecule has 0 radical (unpaired) electrons. The van der Waals surface area contributed by atoms with Crippen LogP contribution in [0.1, 0.15) is 25.7 Å². The lowest BCUT2D eigenvalue weighted by Crippen LogP contribution is -2.44. The van der Waals surface area contributed by atoms with E-state index in [9.17, 15) is 13.2 Å². The summed E-state index contributed by atoms with van der Waals surface area (Å²) in [6.07, 6.45) is 4.62. The second-order valence-electron chi connectivity index (χ2n) is 7.13. The number of hydrogen-bond donors (Lipinski definition) is 1. The molecule has 0 aliphatic heterocycles. The van der Waals surface area contributed by atoms with Crippen molar-refractivity contribution >= 4 is 15.9 Å². The molecule has 3 atom stereocenters. The lowest BCUT2D eigenvalue weighted by molar-refractivity contribution is -0.122. The number of rotatable bonds is 7. The van der Waals surface area contributed by atoms with Crippen molar-refractivity contribution in [3.63, 3.8) is 0 Å². The maximum atomic E-state index is 12.7. The zero-order valence-corrected chi connectivity index (χ0v) is 16.2. The van der Waals surface area contributed by atoms with Gasteiger partial charge in [-0.15, -0.1) is 0 Å². The number of amides is 1. The fourth-order valence-electron chi connectivity index (χ4n) is 4.12. The SMILES string of the molecule is COc1ccc(S(=O)(=O)N(C)CC(=O)N[C@@H]2C[C@@H]3CC[C@@H]2C3)cc1OC. The molecule has 2 fully saturated rings. The van der Waals surface area contributed by atoms with Crippen LogP contribution in [-0.2, 0) is 14.8 Å². The van der Waals surface area contributed by atoms with Crippen LogP contribution in [-0.4, -0.2) is 52.5 Å². The topological polar surface area (TPSA) is 84.9 Å². The molecular formula is C18H26N2O5S. The Kier molecular flexibility index (Phi) is 5.43. The van der Waals surface area contributed by atoms with Crippen LogP contribution in [0.2, 0.25) is 0 Å². The lowest BCUT2D eigenvalue weighted by atomic mass is 9.95. The Morgan fingerprint density at radius 3 is 2.50 bits per heavy atom. The third kappa shape index (κ3) is 3.66. The summed E-state index contributed by atoms with van der Waals surface area (Å²) in [5, 5.41) is 3.02. The van der Waals surface area contributed by atoms with Gasteiger partial charge in [-0.2, -0.15) is 4.31 Å². The predicted molar refractivity (Wildman–Crippen MR) is 96.7 cm³/mol. The Balaban J connectivity index is 1.66. The van der Waals surface area contributed by atoms with Crippen molar-refractivity contribution in [1.82, 2.24) is 9.62 Å². The minimum Gasteiger partial charge on any atom is -0.493 e. The normalized spacial score (nSPS) is 24.7. The summed E-state index contributed by atoms with van der Waals surface area (Å²) >= 11 is 0. The van der Waals surface area contributed by atoms with Gasteiger partial charge in [0, 0.05) is 19.2 Å². The molecular weight excluding hydrogens is 356 g/mol. The van der Waals surface area contributed by atoms with Crippen LogP contribution < -0.4 is 14.8 Å². The molecule has 1 aromatic rings. The molecule has 1 N–H and O–H groups in total. The molecule has 0 heterocycles. The van der Waals surface area contributed by atoms with Crippen molar-refractivity contribution in [3.05, 3.63) is 18.2 Å². The standard InChI is InChI=1S/C18H26N2O5S/c1-20(11-18(21)19-15-9-12-4-5-13(15)8-12)26(22,23)14-6-7-16(24-2)17(10-14)25-3/h6-7,10,12-13,15H,4-5,8-9,11H2,1-3H3,(H,19,21)/t12-,13-,15-/m1/s1. The lowest BCUT2D eigenvalue weighted by Gasteiger charge is -2.24. The number of likely N-dealkylation sites (N-methyl/N-ethyl adjacent to an activating group) is 1. The fourth-order valence-corrected chi connectivity index (χ4v) is 5.26. The van der Waals surface area contributed by atoms with E-state index in [1.807, 2.05) is 0 Å². The minimum absolute atomic E-state index is 0.0605. The van der Waals surface area contributed by atoms with Crippen molar-refractivity contribution in [2.24, 2.45) is 11.8 Å². The van der Waals surface area contributed by atoms with Crippen LogP contribution in [0.15, 0.2) is 23.1 Å². The van der Waals surface area contributed by atoms with Gasteiger partial charge in [0.15, 0.2) is 11.5 Å². The van der Waals surface area contributed by atoms with Gasteiger partial charge in [-0.05, 0) is 43.2 Å². The van der Waals surface area contributed by atoms with E-state index in [4.69, 9.17) is 9.47 Å². The highest BCUT2D eigenvalue weighted by Crippen LogP contribution is 2.44. The Morgan fingerprint density at radius 2 is 1.92 bits per heavy atom. The summed E-state index contributed by atoms with van der Waals surface area (Å²) in [7, 11) is 0.540. The number of fused-ring (bicyclic) bond motifs is 2. The van der Waals surface area contributed by atoms with Gasteiger partial charge in [0.25, 0.3) is 0 Å². The van der Waals surface area contributed by atoms with Crippen LogP contribution in [0.5, 0.6) is 11.5 Å². The quantitative estimate of drug-likeness (QED) is 0.775. The number of methoxy groups -OCH3 is 2. The molecule has 8 heteroatoms. The number of ether oxygens (including phenoxy) is 2. The molecule has 0 aromatic heterocycles. The Hall–Kier alpha value is -1.80. The van der Waals surface area contributed by atoms with E-state index < -0.39 is 10.0 Å². The molecule has 144 valence electrons. The van der Waals surface area contributed by atoms with Crippen molar-refractivity contribution in [1.29, 1.82) is 0 Å². The third-order valence-electron chi connectivity index (χ3n) is 5.51. The van der Waals surface area contributed by atoms with Crippen molar-refractivity contribution < 1.29 is 22.7 Å². The summed E-state index contributed by atoms with van der Waals surface area (Å²) in [5.41, 5.74) is 0. The van der Waals surface area contributed by atoms with Crippen molar-refractivity contribution in [3.8, 4) is 11.5 Å². The van der Waals surface area contributed by atoms with Gasteiger partial charge in [-0.25, -0.2) is 8.42 Å². The minimum atomic E-state index is -3.80. The van der Waals surface area contributed by atoms with Crippen LogP contribution in [0.25, 0.3) is 0 Å². The second kappa shape index (κ2) is 7.44. The highest BCUT2D eigenvalue weighted by Gasteiger charge is 2.40. The molecule has 2 bridgehead atoms. The second-order valence-corrected chi connectivity index (χ2v) is 9.17. The highest BCUT2D eigenvalue weighted by molar-refractivity contribution is 7.89. The van der Waals surface area contributed by atoms with Gasteiger partial charge in [0.1, 0.15) is 0 Å². The Bertz CT molecular complexity index is 780. The van der Waals surface area contributed by atoms with Crippen LogP contribution in [0.4, 0.5) is 0 Å². The molecule has 2 aliphatic rings. The molecule has 0 saturated heterocycles. The maximum absolute atomic E-state index is 12.7. The van der Waals surface area contributed by atoms with E-state index in [1.54, 1.807) is 0 Å². The predicted octanol–water partition coefficient (Wildman–Crippen LogP) is 1.63. The molecule has 2 aliphatic carbocycles. The smallest absolute Gasteiger partial charge is 0.243 e. The average molecular weight is 382 g/mol. The first-order valence-electron chi connectivity index (χ1n) is 8.83. The molecule has 2 saturated carbocycles. The summed E-state index contributed by atoms with van der Waals surface area (Å²) in [5.74, 6) is 1.79. The van der Waals surface area contributed by atoms with Crippen LogP contribution >= 0.6 is 0 Å². The first-order chi connectivity index (χ1) is 12.3. The molecule has 0 spiro atoms. The number of hydrogen-bond acceptors (Lipinski definition) is 5. The van der Waals surface area contributed by atoms with Gasteiger partial charge in [0.05, 0.1) is 25.7 Å². The molecule has 26 heavy (non-hydrogen) atoms. The molecule has 0 unspecified atom stereocenters. The number of nitrogens with zero attached hydrogens (tertiary/aromatic N) is 1. The number of carbonyl (C=O) groups excluding carboxylic acids is 1. The van der Waals surface area contributed by atoms with Gasteiger partial charge >= 0.3 is 0 Å². The van der Waals surface area contributed by atoms with Crippen molar-refractivity contribution in [2.75, 3.05) is 27.8 Å². The van der Waals surface area contributed by atoms with Crippen LogP contribution in [0.3, 0.4) is 0 Å². The number of benzene rings is 1. The number of carbonyl (C=O) groups is 1. The molecule has 1 aromatic carbocycles. The zero-order valence-electron chi connectivity index (χ0n) is 15.4. The largest absolute Gasteiger partial charge is 0.493 e. The molecule has 3 rings (SSSR count). The van der Waals surface area contributed by atoms with Gasteiger partial charge in [-0.1, -0.05) is 6.42 Å². The van der Waals surface area contributed by atoms with Crippen molar-refractivity contribution in [2.45, 2.75) is 36.6 Å². The van der Waals surface area contributed by atoms with E-state index >= 15 is 0 Å². The maximum Gasteiger partial charge on any atom is 0.243 e. The highest BCUT2D eigenvalue weighted by atomic mass is 32.2. The Morgan fingerprint density at radius 1 is 1.19 bits per heavy atom. The third-order valence-corrected chi connectivity index (χ3v) is 7.31. The first-order valence-corrected chi connectivity index (χ1v) is 10.3. The summed E-state index contributed by atoms with van der Waals surface area (Å²) in [4.78, 5) is 12.4. The van der Waals surface area contributed by atoms with E-state index in [2.05, 4.69) is 5.32 Å². The average Bonchev–Trinajstić information content (AvgIpc) is 3.23. The summed E-state index contributed by atoms with van der Waals surface area (Å²) in [6, 6.07) is 4.58. The fraction of sp³-hybridized carbons (Fsp3) is 0.611. The number of sulfonamides is 1. The number of nitrogens with one attached hydrogen (secondary N) is 1. The van der Waals surface area contributed by atoms with Gasteiger partial charge in [0.2, 0.25) is 15.9 Å². The first kappa shape index (κ1) is 19.0. The Labute approximate surface area is 154 Å².